The van der Waals surface area contributed by atoms with Crippen LogP contribution < -0.4 is 10.1 Å². The van der Waals surface area contributed by atoms with Gasteiger partial charge in [-0.1, -0.05) is 30.3 Å². The summed E-state index contributed by atoms with van der Waals surface area (Å²) in [5, 5.41) is 2.66. The van der Waals surface area contributed by atoms with Gasteiger partial charge in [0.15, 0.2) is 0 Å². The Morgan fingerprint density at radius 2 is 2.00 bits per heavy atom. The monoisotopic (exact) mass is 313 g/mol. The third-order valence-electron chi connectivity index (χ3n) is 3.07. The Morgan fingerprint density at radius 3 is 2.74 bits per heavy atom. The van der Waals surface area contributed by atoms with Gasteiger partial charge in [-0.05, 0) is 43.7 Å². The van der Waals surface area contributed by atoms with Crippen molar-refractivity contribution in [2.24, 2.45) is 0 Å². The van der Waals surface area contributed by atoms with E-state index in [1.54, 1.807) is 24.3 Å². The van der Waals surface area contributed by atoms with Crippen molar-refractivity contribution in [3.05, 3.63) is 71.6 Å². The molecule has 0 heterocycles. The van der Waals surface area contributed by atoms with Gasteiger partial charge in [0, 0.05) is 18.2 Å². The van der Waals surface area contributed by atoms with Crippen molar-refractivity contribution < 1.29 is 13.9 Å². The molecule has 0 unspecified atom stereocenters. The van der Waals surface area contributed by atoms with Crippen LogP contribution in [-0.4, -0.2) is 12.0 Å². The van der Waals surface area contributed by atoms with Crippen LogP contribution in [0.1, 0.15) is 25.0 Å². The maximum absolute atomic E-state index is 13.5. The number of ether oxygens (including phenoxy) is 1. The third kappa shape index (κ3) is 5.58. The molecule has 0 spiro atoms. The van der Waals surface area contributed by atoms with Crippen LogP contribution in [0.4, 0.5) is 4.39 Å². The van der Waals surface area contributed by atoms with E-state index in [1.165, 1.54) is 12.1 Å². The van der Waals surface area contributed by atoms with Crippen LogP contribution in [0.3, 0.4) is 0 Å². The van der Waals surface area contributed by atoms with Crippen molar-refractivity contribution in [2.75, 3.05) is 0 Å². The number of carbonyl (C=O) groups excluding carboxylic acids is 1. The van der Waals surface area contributed by atoms with Crippen molar-refractivity contribution in [1.29, 1.82) is 0 Å². The molecule has 0 radical (unpaired) electrons. The van der Waals surface area contributed by atoms with Crippen LogP contribution in [0.25, 0.3) is 6.08 Å². The van der Waals surface area contributed by atoms with Crippen molar-refractivity contribution in [3.63, 3.8) is 0 Å². The average Bonchev–Trinajstić information content (AvgIpc) is 2.52. The van der Waals surface area contributed by atoms with Gasteiger partial charge in [0.1, 0.15) is 11.6 Å². The molecular formula is C19H20FNO2. The van der Waals surface area contributed by atoms with Crippen LogP contribution in [0.15, 0.2) is 54.6 Å². The first-order chi connectivity index (χ1) is 11.0. The van der Waals surface area contributed by atoms with E-state index in [0.29, 0.717) is 5.56 Å². The molecule has 0 fully saturated rings. The summed E-state index contributed by atoms with van der Waals surface area (Å²) in [5.74, 6) is 0.160. The van der Waals surface area contributed by atoms with Gasteiger partial charge in [0.05, 0.1) is 6.10 Å². The highest BCUT2D eigenvalue weighted by atomic mass is 19.1. The summed E-state index contributed by atoms with van der Waals surface area (Å²) in [7, 11) is 0. The fraction of sp³-hybridized carbons (Fsp3) is 0.211. The largest absolute Gasteiger partial charge is 0.491 e. The Hall–Kier alpha value is -2.62. The summed E-state index contributed by atoms with van der Waals surface area (Å²) >= 11 is 0. The van der Waals surface area contributed by atoms with Gasteiger partial charge in [0.25, 0.3) is 0 Å². The highest BCUT2D eigenvalue weighted by Crippen LogP contribution is 2.15. The average molecular weight is 313 g/mol. The van der Waals surface area contributed by atoms with E-state index in [1.807, 2.05) is 38.1 Å². The minimum atomic E-state index is -0.324. The van der Waals surface area contributed by atoms with Gasteiger partial charge in [-0.25, -0.2) is 4.39 Å². The zero-order chi connectivity index (χ0) is 16.7. The quantitative estimate of drug-likeness (QED) is 0.820. The van der Waals surface area contributed by atoms with Crippen molar-refractivity contribution in [3.8, 4) is 5.75 Å². The Morgan fingerprint density at radius 1 is 1.22 bits per heavy atom. The van der Waals surface area contributed by atoms with E-state index < -0.39 is 0 Å². The molecule has 1 amide bonds. The smallest absolute Gasteiger partial charge is 0.244 e. The molecule has 4 heteroatoms. The lowest BCUT2D eigenvalue weighted by Crippen LogP contribution is -2.20. The van der Waals surface area contributed by atoms with Gasteiger partial charge >= 0.3 is 0 Å². The summed E-state index contributed by atoms with van der Waals surface area (Å²) in [6, 6.07) is 13.9. The fourth-order valence-electron chi connectivity index (χ4n) is 2.02. The standard InChI is InChI=1S/C19H20FNO2/c1-14(2)23-17-8-5-6-15(12-17)10-11-19(22)21-13-16-7-3-4-9-18(16)20/h3-12,14H,13H2,1-2H3,(H,21,22)/b11-10+. The number of hydrogen-bond acceptors (Lipinski definition) is 2. The molecule has 2 aromatic rings. The molecule has 2 aromatic carbocycles. The second-order valence-corrected chi connectivity index (χ2v) is 5.38. The maximum atomic E-state index is 13.5. The number of amides is 1. The maximum Gasteiger partial charge on any atom is 0.244 e. The van der Waals surface area contributed by atoms with Crippen LogP contribution in [0.5, 0.6) is 5.75 Å². The molecule has 0 saturated heterocycles. The number of rotatable bonds is 6. The molecule has 0 aliphatic carbocycles. The Kier molecular flexibility index (Phi) is 5.92. The van der Waals surface area contributed by atoms with Crippen molar-refractivity contribution >= 4 is 12.0 Å². The van der Waals surface area contributed by atoms with Gasteiger partial charge in [0.2, 0.25) is 5.91 Å². The first-order valence-electron chi connectivity index (χ1n) is 7.50. The molecule has 0 aliphatic rings. The predicted octanol–water partition coefficient (Wildman–Crippen LogP) is 3.94. The number of hydrogen-bond donors (Lipinski definition) is 1. The molecule has 2 rings (SSSR count). The summed E-state index contributed by atoms with van der Waals surface area (Å²) in [5.41, 5.74) is 1.32. The zero-order valence-corrected chi connectivity index (χ0v) is 13.3. The van der Waals surface area contributed by atoms with E-state index in [4.69, 9.17) is 4.74 Å². The molecule has 1 N–H and O–H groups in total. The van der Waals surface area contributed by atoms with E-state index in [-0.39, 0.29) is 24.4 Å². The lowest BCUT2D eigenvalue weighted by Gasteiger charge is -2.09. The summed E-state index contributed by atoms with van der Waals surface area (Å²) in [6.45, 7) is 4.07. The molecular weight excluding hydrogens is 293 g/mol. The molecule has 0 aromatic heterocycles. The number of nitrogens with one attached hydrogen (secondary N) is 1. The Bertz CT molecular complexity index is 695. The van der Waals surface area contributed by atoms with Crippen LogP contribution in [-0.2, 0) is 11.3 Å². The van der Waals surface area contributed by atoms with Crippen LogP contribution >= 0.6 is 0 Å². The summed E-state index contributed by atoms with van der Waals surface area (Å²) in [6.07, 6.45) is 3.22. The second-order valence-electron chi connectivity index (χ2n) is 5.38. The highest BCUT2D eigenvalue weighted by Gasteiger charge is 2.02. The summed E-state index contributed by atoms with van der Waals surface area (Å²) in [4.78, 5) is 11.8. The Balaban J connectivity index is 1.92. The lowest BCUT2D eigenvalue weighted by atomic mass is 10.2. The van der Waals surface area contributed by atoms with E-state index in [2.05, 4.69) is 5.32 Å². The highest BCUT2D eigenvalue weighted by molar-refractivity contribution is 5.91. The first-order valence-corrected chi connectivity index (χ1v) is 7.50. The SMILES string of the molecule is CC(C)Oc1cccc(/C=C/C(=O)NCc2ccccc2F)c1. The molecule has 120 valence electrons. The van der Waals surface area contributed by atoms with E-state index >= 15 is 0 Å². The molecule has 0 bridgehead atoms. The zero-order valence-electron chi connectivity index (χ0n) is 13.3. The van der Waals surface area contributed by atoms with Crippen molar-refractivity contribution in [2.45, 2.75) is 26.5 Å². The molecule has 0 aliphatic heterocycles. The topological polar surface area (TPSA) is 38.3 Å². The summed E-state index contributed by atoms with van der Waals surface area (Å²) < 4.78 is 19.1. The molecule has 3 nitrogen and oxygen atoms in total. The fourth-order valence-corrected chi connectivity index (χ4v) is 2.02. The first kappa shape index (κ1) is 16.7. The van der Waals surface area contributed by atoms with E-state index in [9.17, 15) is 9.18 Å². The predicted molar refractivity (Wildman–Crippen MR) is 89.5 cm³/mol. The van der Waals surface area contributed by atoms with Gasteiger partial charge in [-0.15, -0.1) is 0 Å². The minimum absolute atomic E-state index is 0.0956. The molecule has 23 heavy (non-hydrogen) atoms. The molecule has 0 atom stereocenters. The number of carbonyl (C=O) groups is 1. The van der Waals surface area contributed by atoms with Crippen LogP contribution in [0.2, 0.25) is 0 Å². The van der Waals surface area contributed by atoms with E-state index in [0.717, 1.165) is 11.3 Å². The number of halogens is 1. The second kappa shape index (κ2) is 8.13. The number of benzene rings is 2. The Labute approximate surface area is 135 Å². The van der Waals surface area contributed by atoms with Gasteiger partial charge < -0.3 is 10.1 Å². The van der Waals surface area contributed by atoms with Gasteiger partial charge in [-0.2, -0.15) is 0 Å². The lowest BCUT2D eigenvalue weighted by molar-refractivity contribution is -0.116. The normalized spacial score (nSPS) is 11.0. The molecule has 0 saturated carbocycles. The van der Waals surface area contributed by atoms with Gasteiger partial charge in [-0.3, -0.25) is 4.79 Å². The van der Waals surface area contributed by atoms with Crippen LogP contribution in [0, 0.1) is 5.82 Å². The van der Waals surface area contributed by atoms with Crippen molar-refractivity contribution in [1.82, 2.24) is 5.32 Å². The third-order valence-corrected chi connectivity index (χ3v) is 3.07. The minimum Gasteiger partial charge on any atom is -0.491 e.